The Balaban J connectivity index is 1.92. The van der Waals surface area contributed by atoms with Gasteiger partial charge in [0.25, 0.3) is 0 Å². The van der Waals surface area contributed by atoms with E-state index in [1.165, 1.54) is 18.3 Å². The van der Waals surface area contributed by atoms with E-state index in [0.29, 0.717) is 5.82 Å². The maximum Gasteiger partial charge on any atom is 0.131 e. The second-order valence-corrected chi connectivity index (χ2v) is 8.05. The van der Waals surface area contributed by atoms with Crippen LogP contribution in [0.2, 0.25) is 0 Å². The minimum Gasteiger partial charge on any atom is -0.383 e. The average Bonchev–Trinajstić information content (AvgIpc) is 2.75. The number of rotatable bonds is 5. The lowest BCUT2D eigenvalue weighted by Crippen LogP contribution is -2.27. The van der Waals surface area contributed by atoms with E-state index in [4.69, 9.17) is 20.9 Å². The van der Waals surface area contributed by atoms with Gasteiger partial charge in [0.2, 0.25) is 0 Å². The van der Waals surface area contributed by atoms with Crippen LogP contribution in [0.1, 0.15) is 50.3 Å². The Labute approximate surface area is 176 Å². The molecule has 1 aromatic heterocycles. The summed E-state index contributed by atoms with van der Waals surface area (Å²) in [5.74, 6) is 0.300. The van der Waals surface area contributed by atoms with Gasteiger partial charge in [0, 0.05) is 35.0 Å². The van der Waals surface area contributed by atoms with Crippen LogP contribution in [0.25, 0.3) is 21.9 Å². The van der Waals surface area contributed by atoms with E-state index in [1.807, 2.05) is 12.1 Å². The van der Waals surface area contributed by atoms with E-state index in [1.54, 1.807) is 12.1 Å². The smallest absolute Gasteiger partial charge is 0.131 e. The van der Waals surface area contributed by atoms with Crippen LogP contribution in [0.3, 0.4) is 0 Å². The minimum atomic E-state index is -0.281. The van der Waals surface area contributed by atoms with Crippen molar-refractivity contribution in [1.82, 2.24) is 4.98 Å². The third-order valence-corrected chi connectivity index (χ3v) is 5.56. The molecule has 0 amide bonds. The number of aromatic nitrogens is 1. The maximum absolute atomic E-state index is 13.5. The summed E-state index contributed by atoms with van der Waals surface area (Å²) in [4.78, 5) is 4.71. The Bertz CT molecular complexity index is 1070. The monoisotopic (exact) mass is 406 g/mol. The molecule has 4 rings (SSSR count). The molecule has 156 valence electrons. The molecule has 30 heavy (non-hydrogen) atoms. The molecule has 1 fully saturated rings. The van der Waals surface area contributed by atoms with Crippen LogP contribution in [0, 0.1) is 11.2 Å². The number of halogens is 1. The van der Waals surface area contributed by atoms with Gasteiger partial charge < -0.3 is 21.2 Å². The summed E-state index contributed by atoms with van der Waals surface area (Å²) in [6.07, 6.45) is 4.38. The molecule has 0 radical (unpaired) electrons. The van der Waals surface area contributed by atoms with Gasteiger partial charge >= 0.3 is 0 Å². The molecule has 1 saturated heterocycles. The Hall–Kier alpha value is -2.99. The first-order valence-corrected chi connectivity index (χ1v) is 10.4. The Kier molecular flexibility index (Phi) is 5.68. The third-order valence-electron chi connectivity index (χ3n) is 5.56. The first-order valence-electron chi connectivity index (χ1n) is 10.4. The fourth-order valence-corrected chi connectivity index (χ4v) is 4.03. The average molecular weight is 407 g/mol. The van der Waals surface area contributed by atoms with E-state index in [0.717, 1.165) is 64.7 Å². The minimum absolute atomic E-state index is 0.0735. The summed E-state index contributed by atoms with van der Waals surface area (Å²) in [7, 11) is 0. The second-order valence-electron chi connectivity index (χ2n) is 8.05. The predicted molar refractivity (Wildman–Crippen MR) is 121 cm³/mol. The van der Waals surface area contributed by atoms with Crippen molar-refractivity contribution in [2.24, 2.45) is 0 Å². The lowest BCUT2D eigenvalue weighted by Gasteiger charge is -2.26. The highest BCUT2D eigenvalue weighted by atomic mass is 19.1. The van der Waals surface area contributed by atoms with Crippen molar-refractivity contribution >= 4 is 28.5 Å². The molecule has 0 spiro atoms. The number of nitrogen functional groups attached to an aromatic ring is 1. The molecule has 2 aromatic carbocycles. The molecule has 6 heteroatoms. The normalized spacial score (nSPS) is 16.7. The highest BCUT2D eigenvalue weighted by Gasteiger charge is 2.20. The van der Waals surface area contributed by atoms with Gasteiger partial charge in [0.05, 0.1) is 5.69 Å². The molecule has 0 saturated carbocycles. The molecule has 1 aliphatic heterocycles. The highest BCUT2D eigenvalue weighted by molar-refractivity contribution is 6.07. The van der Waals surface area contributed by atoms with Gasteiger partial charge in [-0.1, -0.05) is 26.0 Å². The Morgan fingerprint density at radius 2 is 1.97 bits per heavy atom. The molecule has 4 N–H and O–H groups in total. The number of nitrogens with zero attached hydrogens (tertiary/aromatic N) is 1. The van der Waals surface area contributed by atoms with Gasteiger partial charge in [-0.05, 0) is 60.4 Å². The standard InChI is InChI=1S/C24H27FN4O/c1-14(2)23-22(15-6-8-17(25)9-7-15)18-11-16(13-26)20(12-19(18)24(27)29-23)28-21-5-3-4-10-30-21/h6-9,11-14,21,26,28H,3-5,10H2,1-2H3,(H2,27,29). The SMILES string of the molecule is CC(C)c1nc(N)c2cc(NC3CCCCO3)c(C=N)cc2c1-c1ccc(F)cc1. The molecule has 0 aliphatic carbocycles. The fraction of sp³-hybridized carbons (Fsp3) is 0.333. The second kappa shape index (κ2) is 8.40. The van der Waals surface area contributed by atoms with Crippen LogP contribution >= 0.6 is 0 Å². The first kappa shape index (κ1) is 20.3. The zero-order chi connectivity index (χ0) is 21.3. The van der Waals surface area contributed by atoms with Crippen LogP contribution in [0.5, 0.6) is 0 Å². The number of nitrogens with two attached hydrogens (primary N) is 1. The molecule has 1 aliphatic rings. The van der Waals surface area contributed by atoms with Gasteiger partial charge in [0.1, 0.15) is 17.9 Å². The number of nitrogens with one attached hydrogen (secondary N) is 2. The Morgan fingerprint density at radius 1 is 1.20 bits per heavy atom. The van der Waals surface area contributed by atoms with E-state index in [9.17, 15) is 4.39 Å². The largest absolute Gasteiger partial charge is 0.383 e. The summed E-state index contributed by atoms with van der Waals surface area (Å²) in [6, 6.07) is 10.4. The molecular formula is C24H27FN4O. The van der Waals surface area contributed by atoms with E-state index >= 15 is 0 Å². The van der Waals surface area contributed by atoms with Crippen molar-refractivity contribution < 1.29 is 9.13 Å². The van der Waals surface area contributed by atoms with Crippen molar-refractivity contribution in [1.29, 1.82) is 5.41 Å². The lowest BCUT2D eigenvalue weighted by molar-refractivity contribution is 0.0343. The third kappa shape index (κ3) is 3.87. The quantitative estimate of drug-likeness (QED) is 0.476. The van der Waals surface area contributed by atoms with E-state index in [2.05, 4.69) is 19.2 Å². The van der Waals surface area contributed by atoms with Gasteiger partial charge in [-0.3, -0.25) is 0 Å². The number of hydrogen-bond acceptors (Lipinski definition) is 5. The lowest BCUT2D eigenvalue weighted by atomic mass is 9.91. The van der Waals surface area contributed by atoms with Crippen molar-refractivity contribution in [2.75, 3.05) is 17.7 Å². The summed E-state index contributed by atoms with van der Waals surface area (Å²) in [5.41, 5.74) is 10.6. The van der Waals surface area contributed by atoms with Gasteiger partial charge in [-0.15, -0.1) is 0 Å². The number of fused-ring (bicyclic) bond motifs is 1. The van der Waals surface area contributed by atoms with Gasteiger partial charge in [-0.25, -0.2) is 9.37 Å². The molecule has 3 aromatic rings. The number of benzene rings is 2. The van der Waals surface area contributed by atoms with Gasteiger partial charge in [0.15, 0.2) is 0 Å². The topological polar surface area (TPSA) is 84.0 Å². The van der Waals surface area contributed by atoms with Crippen LogP contribution in [-0.4, -0.2) is 24.0 Å². The number of pyridine rings is 1. The summed E-state index contributed by atoms with van der Waals surface area (Å²) in [6.45, 7) is 4.87. The molecular weight excluding hydrogens is 379 g/mol. The summed E-state index contributed by atoms with van der Waals surface area (Å²) >= 11 is 0. The van der Waals surface area contributed by atoms with Crippen molar-refractivity contribution in [2.45, 2.75) is 45.3 Å². The molecule has 5 nitrogen and oxygen atoms in total. The zero-order valence-electron chi connectivity index (χ0n) is 17.3. The van der Waals surface area contributed by atoms with E-state index < -0.39 is 0 Å². The van der Waals surface area contributed by atoms with Crippen LogP contribution in [0.15, 0.2) is 36.4 Å². The van der Waals surface area contributed by atoms with Crippen molar-refractivity contribution in [3.63, 3.8) is 0 Å². The Morgan fingerprint density at radius 3 is 2.60 bits per heavy atom. The van der Waals surface area contributed by atoms with Crippen LogP contribution in [0.4, 0.5) is 15.9 Å². The molecule has 2 heterocycles. The van der Waals surface area contributed by atoms with Gasteiger partial charge in [-0.2, -0.15) is 0 Å². The summed E-state index contributed by atoms with van der Waals surface area (Å²) in [5, 5.41) is 13.1. The molecule has 0 bridgehead atoms. The summed E-state index contributed by atoms with van der Waals surface area (Å²) < 4.78 is 19.4. The van der Waals surface area contributed by atoms with Crippen LogP contribution < -0.4 is 11.1 Å². The zero-order valence-corrected chi connectivity index (χ0v) is 17.3. The maximum atomic E-state index is 13.5. The predicted octanol–water partition coefficient (Wildman–Crippen LogP) is 5.68. The fourth-order valence-electron chi connectivity index (χ4n) is 4.03. The number of hydrogen-bond donors (Lipinski definition) is 3. The number of ether oxygens (including phenoxy) is 1. The molecule has 1 atom stereocenters. The highest BCUT2D eigenvalue weighted by Crippen LogP contribution is 2.39. The van der Waals surface area contributed by atoms with Crippen molar-refractivity contribution in [3.8, 4) is 11.1 Å². The van der Waals surface area contributed by atoms with Crippen molar-refractivity contribution in [3.05, 3.63) is 53.5 Å². The first-order chi connectivity index (χ1) is 14.5. The molecule has 1 unspecified atom stereocenters. The van der Waals surface area contributed by atoms with E-state index in [-0.39, 0.29) is 18.0 Å². The van der Waals surface area contributed by atoms with Crippen LogP contribution in [-0.2, 0) is 4.74 Å². The number of anilines is 2.